The quantitative estimate of drug-likeness (QED) is 0.719. The monoisotopic (exact) mass is 269 g/mol. The van der Waals surface area contributed by atoms with Gasteiger partial charge in [0.1, 0.15) is 0 Å². The normalized spacial score (nSPS) is 34.6. The van der Waals surface area contributed by atoms with Crippen molar-refractivity contribution in [2.45, 2.75) is 32.8 Å². The van der Waals surface area contributed by atoms with Gasteiger partial charge in [-0.15, -0.1) is 0 Å². The van der Waals surface area contributed by atoms with Crippen LogP contribution in [0.3, 0.4) is 0 Å². The van der Waals surface area contributed by atoms with Crippen molar-refractivity contribution < 1.29 is 19.1 Å². The van der Waals surface area contributed by atoms with Gasteiger partial charge in [-0.25, -0.2) is 0 Å². The molecule has 0 N–H and O–H groups in total. The molecule has 2 aliphatic heterocycles. The molecular weight excluding hydrogens is 246 g/mol. The molecule has 0 saturated carbocycles. The van der Waals surface area contributed by atoms with Gasteiger partial charge in [-0.05, 0) is 18.8 Å². The molecule has 0 radical (unpaired) electrons. The molecule has 19 heavy (non-hydrogen) atoms. The van der Waals surface area contributed by atoms with Crippen molar-refractivity contribution >= 4 is 11.9 Å². The van der Waals surface area contributed by atoms with Crippen LogP contribution in [0.15, 0.2) is 0 Å². The number of amides is 1. The summed E-state index contributed by atoms with van der Waals surface area (Å²) < 4.78 is 10.4. The number of rotatable bonds is 3. The zero-order valence-corrected chi connectivity index (χ0v) is 11.9. The molecule has 0 spiro atoms. The van der Waals surface area contributed by atoms with E-state index in [4.69, 9.17) is 9.47 Å². The molecule has 4 unspecified atom stereocenters. The van der Waals surface area contributed by atoms with E-state index in [-0.39, 0.29) is 35.7 Å². The molecule has 4 atom stereocenters. The van der Waals surface area contributed by atoms with Crippen LogP contribution in [-0.2, 0) is 19.1 Å². The first kappa shape index (κ1) is 14.3. The molecule has 2 rings (SSSR count). The number of nitrogens with zero attached hydrogens (tertiary/aromatic N) is 1. The van der Waals surface area contributed by atoms with Crippen LogP contribution in [0.4, 0.5) is 0 Å². The lowest BCUT2D eigenvalue weighted by atomic mass is 9.98. The third kappa shape index (κ3) is 2.76. The number of carbonyl (C=O) groups excluding carboxylic acids is 2. The fourth-order valence-electron chi connectivity index (χ4n) is 3.17. The lowest BCUT2D eigenvalue weighted by Crippen LogP contribution is -2.38. The summed E-state index contributed by atoms with van der Waals surface area (Å²) in [5.41, 5.74) is 0. The van der Waals surface area contributed by atoms with Gasteiger partial charge in [0, 0.05) is 19.7 Å². The van der Waals surface area contributed by atoms with Crippen LogP contribution in [0.2, 0.25) is 0 Å². The van der Waals surface area contributed by atoms with E-state index in [9.17, 15) is 9.59 Å². The highest BCUT2D eigenvalue weighted by Crippen LogP contribution is 2.30. The van der Waals surface area contributed by atoms with Crippen molar-refractivity contribution in [3.8, 4) is 0 Å². The number of hydrogen-bond acceptors (Lipinski definition) is 4. The Morgan fingerprint density at radius 3 is 2.68 bits per heavy atom. The van der Waals surface area contributed by atoms with Gasteiger partial charge in [-0.2, -0.15) is 0 Å². The minimum atomic E-state index is -0.211. The van der Waals surface area contributed by atoms with Crippen molar-refractivity contribution in [3.63, 3.8) is 0 Å². The van der Waals surface area contributed by atoms with Gasteiger partial charge in [0.15, 0.2) is 0 Å². The third-order valence-electron chi connectivity index (χ3n) is 4.36. The van der Waals surface area contributed by atoms with E-state index < -0.39 is 0 Å². The predicted molar refractivity (Wildman–Crippen MR) is 69.4 cm³/mol. The number of hydrogen-bond donors (Lipinski definition) is 0. The highest BCUT2D eigenvalue weighted by atomic mass is 16.5. The fourth-order valence-corrected chi connectivity index (χ4v) is 3.17. The molecule has 2 saturated heterocycles. The molecule has 108 valence electrons. The van der Waals surface area contributed by atoms with Crippen molar-refractivity contribution in [1.29, 1.82) is 0 Å². The minimum Gasteiger partial charge on any atom is -0.469 e. The molecule has 2 fully saturated rings. The number of carbonyl (C=O) groups is 2. The number of methoxy groups -OCH3 is 1. The molecule has 5 heteroatoms. The average Bonchev–Trinajstić information content (AvgIpc) is 3.03. The number of ether oxygens (including phenoxy) is 2. The maximum absolute atomic E-state index is 12.5. The minimum absolute atomic E-state index is 0.0337. The van der Waals surface area contributed by atoms with Crippen molar-refractivity contribution in [3.05, 3.63) is 0 Å². The topological polar surface area (TPSA) is 55.8 Å². The van der Waals surface area contributed by atoms with E-state index in [2.05, 4.69) is 0 Å². The summed E-state index contributed by atoms with van der Waals surface area (Å²) in [6.07, 6.45) is 1.70. The lowest BCUT2D eigenvalue weighted by molar-refractivity contribution is -0.146. The van der Waals surface area contributed by atoms with E-state index in [0.29, 0.717) is 19.7 Å². The smallest absolute Gasteiger partial charge is 0.310 e. The maximum atomic E-state index is 12.5. The van der Waals surface area contributed by atoms with E-state index in [0.717, 1.165) is 12.8 Å². The molecule has 0 aliphatic carbocycles. The Bertz CT molecular complexity index is 357. The van der Waals surface area contributed by atoms with Gasteiger partial charge in [0.05, 0.1) is 25.0 Å². The highest BCUT2D eigenvalue weighted by molar-refractivity contribution is 5.82. The molecule has 5 nitrogen and oxygen atoms in total. The molecule has 0 aromatic carbocycles. The fraction of sp³-hybridized carbons (Fsp3) is 0.857. The lowest BCUT2D eigenvalue weighted by Gasteiger charge is -2.23. The predicted octanol–water partition coefficient (Wildman–Crippen LogP) is 1.07. The number of likely N-dealkylation sites (tertiary alicyclic amines) is 1. The second-order valence-electron chi connectivity index (χ2n) is 5.56. The summed E-state index contributed by atoms with van der Waals surface area (Å²) in [5.74, 6) is -0.121. The van der Waals surface area contributed by atoms with Crippen LogP contribution < -0.4 is 0 Å². The summed E-state index contributed by atoms with van der Waals surface area (Å²) >= 11 is 0. The van der Waals surface area contributed by atoms with Crippen LogP contribution >= 0.6 is 0 Å². The maximum Gasteiger partial charge on any atom is 0.310 e. The Kier molecular flexibility index (Phi) is 4.45. The van der Waals surface area contributed by atoms with E-state index in [1.165, 1.54) is 7.11 Å². The van der Waals surface area contributed by atoms with Crippen LogP contribution in [0.5, 0.6) is 0 Å². The van der Waals surface area contributed by atoms with Gasteiger partial charge in [0.25, 0.3) is 0 Å². The summed E-state index contributed by atoms with van der Waals surface area (Å²) in [4.78, 5) is 26.0. The molecule has 0 aromatic heterocycles. The van der Waals surface area contributed by atoms with Crippen LogP contribution in [0.1, 0.15) is 26.7 Å². The van der Waals surface area contributed by atoms with Gasteiger partial charge in [0.2, 0.25) is 5.91 Å². The summed E-state index contributed by atoms with van der Waals surface area (Å²) in [6.45, 7) is 5.83. The average molecular weight is 269 g/mol. The van der Waals surface area contributed by atoms with Gasteiger partial charge in [-0.3, -0.25) is 9.59 Å². The number of esters is 1. The Balaban J connectivity index is 1.99. The van der Waals surface area contributed by atoms with Crippen molar-refractivity contribution in [2.75, 3.05) is 26.8 Å². The molecule has 1 amide bonds. The molecular formula is C14H23NO4. The van der Waals surface area contributed by atoms with Gasteiger partial charge >= 0.3 is 5.97 Å². The Morgan fingerprint density at radius 2 is 2.05 bits per heavy atom. The van der Waals surface area contributed by atoms with E-state index in [1.807, 2.05) is 18.7 Å². The van der Waals surface area contributed by atoms with Gasteiger partial charge in [-0.1, -0.05) is 13.8 Å². The van der Waals surface area contributed by atoms with Crippen LogP contribution in [0, 0.1) is 17.8 Å². The highest BCUT2D eigenvalue weighted by Gasteiger charge is 2.42. The summed E-state index contributed by atoms with van der Waals surface area (Å²) in [5, 5.41) is 0. The SMILES string of the molecule is CCC1OCCC1C(=O)N1CC(C)C(C(=O)OC)C1. The second kappa shape index (κ2) is 5.90. The van der Waals surface area contributed by atoms with Gasteiger partial charge < -0.3 is 14.4 Å². The first-order valence-corrected chi connectivity index (χ1v) is 7.06. The summed E-state index contributed by atoms with van der Waals surface area (Å²) in [6, 6.07) is 0. The first-order valence-electron chi connectivity index (χ1n) is 7.06. The second-order valence-corrected chi connectivity index (χ2v) is 5.56. The molecule has 0 bridgehead atoms. The Hall–Kier alpha value is -1.10. The van der Waals surface area contributed by atoms with Crippen LogP contribution in [0.25, 0.3) is 0 Å². The molecule has 0 aromatic rings. The summed E-state index contributed by atoms with van der Waals surface area (Å²) in [7, 11) is 1.40. The molecule has 2 heterocycles. The third-order valence-corrected chi connectivity index (χ3v) is 4.36. The first-order chi connectivity index (χ1) is 9.08. The zero-order valence-electron chi connectivity index (χ0n) is 11.9. The van der Waals surface area contributed by atoms with Crippen LogP contribution in [-0.4, -0.2) is 49.7 Å². The largest absolute Gasteiger partial charge is 0.469 e. The zero-order chi connectivity index (χ0) is 14.0. The van der Waals surface area contributed by atoms with E-state index >= 15 is 0 Å². The van der Waals surface area contributed by atoms with Crippen molar-refractivity contribution in [2.24, 2.45) is 17.8 Å². The van der Waals surface area contributed by atoms with Crippen molar-refractivity contribution in [1.82, 2.24) is 4.90 Å². The van der Waals surface area contributed by atoms with E-state index in [1.54, 1.807) is 0 Å². The Morgan fingerprint density at radius 1 is 1.32 bits per heavy atom. The Labute approximate surface area is 114 Å². The standard InChI is InChI=1S/C14H23NO4/c1-4-12-10(5-6-19-12)13(16)15-7-9(2)11(8-15)14(17)18-3/h9-12H,4-8H2,1-3H3. The molecule has 2 aliphatic rings.